The third-order valence-corrected chi connectivity index (χ3v) is 8.64. The smallest absolute Gasteiger partial charge is 0.256 e. The van der Waals surface area contributed by atoms with E-state index in [4.69, 9.17) is 9.47 Å². The van der Waals surface area contributed by atoms with Crippen LogP contribution in [0.2, 0.25) is 0 Å². The molecule has 4 unspecified atom stereocenters. The van der Waals surface area contributed by atoms with Crippen LogP contribution in [0.4, 0.5) is 0 Å². The fraction of sp³-hybridized carbons (Fsp3) is 0.412. The molecule has 5 rings (SSSR count). The van der Waals surface area contributed by atoms with Crippen molar-refractivity contribution < 1.29 is 19.1 Å². The second-order valence-electron chi connectivity index (χ2n) is 11.3. The quantitative estimate of drug-likeness (QED) is 0.304. The van der Waals surface area contributed by atoms with Gasteiger partial charge in [0.1, 0.15) is 17.6 Å². The van der Waals surface area contributed by atoms with E-state index in [9.17, 15) is 9.59 Å². The van der Waals surface area contributed by atoms with Crippen LogP contribution in [0.5, 0.6) is 0 Å². The van der Waals surface area contributed by atoms with Gasteiger partial charge in [-0.3, -0.25) is 9.59 Å². The Morgan fingerprint density at radius 3 is 2.40 bits per heavy atom. The van der Waals surface area contributed by atoms with Gasteiger partial charge in [0.2, 0.25) is 0 Å². The molecule has 3 aromatic rings. The normalized spacial score (nSPS) is 21.7. The number of allylic oxidation sites excluding steroid dienone is 1. The number of methoxy groups -OCH3 is 1. The average Bonchev–Trinajstić information content (AvgIpc) is 3.56. The third-order valence-electron chi connectivity index (χ3n) is 8.64. The zero-order valence-corrected chi connectivity index (χ0v) is 25.1. The van der Waals surface area contributed by atoms with Gasteiger partial charge in [0.15, 0.2) is 5.78 Å². The highest BCUT2D eigenvalue weighted by Gasteiger charge is 2.40. The van der Waals surface area contributed by atoms with Crippen molar-refractivity contribution >= 4 is 17.4 Å². The van der Waals surface area contributed by atoms with Crippen LogP contribution in [0, 0.1) is 11.8 Å². The zero-order chi connectivity index (χ0) is 29.8. The van der Waals surface area contributed by atoms with E-state index in [0.29, 0.717) is 35.5 Å². The molecule has 1 fully saturated rings. The van der Waals surface area contributed by atoms with Crippen molar-refractivity contribution in [2.75, 3.05) is 13.7 Å². The fourth-order valence-corrected chi connectivity index (χ4v) is 6.13. The van der Waals surface area contributed by atoms with Crippen LogP contribution in [0.1, 0.15) is 69.3 Å². The van der Waals surface area contributed by atoms with E-state index in [-0.39, 0.29) is 29.6 Å². The minimum atomic E-state index is -0.517. The molecule has 220 valence electrons. The summed E-state index contributed by atoms with van der Waals surface area (Å²) in [6, 6.07) is 17.3. The number of piperidine rings is 1. The standard InChI is InChI=1S/C34H40N4O4/c1-6-12-29(41-5)31(39)30-23(3)24(4)32(42-33(30)25-13-8-7-9-14-25)26-18-17-22(2)37(21-26)34(40)27-15-10-11-16-28(27)38-35-19-20-36-38/h7-11,13-16,19-20,22-23,26,29H,6,12,17-18,21H2,1-5H3. The summed E-state index contributed by atoms with van der Waals surface area (Å²) in [4.78, 5) is 31.3. The molecule has 0 N–H and O–H groups in total. The highest BCUT2D eigenvalue weighted by atomic mass is 16.5. The summed E-state index contributed by atoms with van der Waals surface area (Å²) >= 11 is 0. The Balaban J connectivity index is 1.48. The Labute approximate surface area is 248 Å². The van der Waals surface area contributed by atoms with Crippen LogP contribution in [0.25, 0.3) is 11.4 Å². The number of carbonyl (C=O) groups excluding carboxylic acids is 2. The molecular weight excluding hydrogens is 528 g/mol. The van der Waals surface area contributed by atoms with Crippen molar-refractivity contribution in [3.8, 4) is 5.69 Å². The Hall–Kier alpha value is -4.04. The number of amides is 1. The predicted octanol–water partition coefficient (Wildman–Crippen LogP) is 6.24. The monoisotopic (exact) mass is 568 g/mol. The molecule has 0 bridgehead atoms. The van der Waals surface area contributed by atoms with Gasteiger partial charge in [-0.05, 0) is 50.8 Å². The average molecular weight is 569 g/mol. The molecule has 2 aliphatic rings. The number of likely N-dealkylation sites (tertiary alicyclic amines) is 1. The number of ketones is 1. The number of rotatable bonds is 9. The Kier molecular flexibility index (Phi) is 9.02. The van der Waals surface area contributed by atoms with Crippen LogP contribution in [0.15, 0.2) is 83.9 Å². The number of hydrogen-bond donors (Lipinski definition) is 0. The lowest BCUT2D eigenvalue weighted by atomic mass is 9.80. The molecule has 1 amide bonds. The highest BCUT2D eigenvalue weighted by molar-refractivity contribution is 6.05. The molecule has 8 nitrogen and oxygen atoms in total. The van der Waals surface area contributed by atoms with Crippen LogP contribution in [-0.2, 0) is 14.3 Å². The minimum absolute atomic E-state index is 0.00758. The first-order valence-electron chi connectivity index (χ1n) is 14.9. The summed E-state index contributed by atoms with van der Waals surface area (Å²) in [5.74, 6) is 1.21. The first-order valence-corrected chi connectivity index (χ1v) is 14.9. The number of benzene rings is 2. The van der Waals surface area contributed by atoms with Gasteiger partial charge >= 0.3 is 0 Å². The van der Waals surface area contributed by atoms with Gasteiger partial charge in [-0.1, -0.05) is 62.7 Å². The lowest BCUT2D eigenvalue weighted by Gasteiger charge is -2.41. The summed E-state index contributed by atoms with van der Waals surface area (Å²) in [6.45, 7) is 8.80. The topological polar surface area (TPSA) is 86.5 Å². The van der Waals surface area contributed by atoms with E-state index in [0.717, 1.165) is 36.2 Å². The van der Waals surface area contributed by atoms with Crippen molar-refractivity contribution in [2.24, 2.45) is 11.8 Å². The number of carbonyl (C=O) groups is 2. The van der Waals surface area contributed by atoms with Crippen molar-refractivity contribution in [1.29, 1.82) is 0 Å². The number of nitrogens with zero attached hydrogens (tertiary/aromatic N) is 4. The van der Waals surface area contributed by atoms with Gasteiger partial charge in [0.05, 0.1) is 23.6 Å². The Morgan fingerprint density at radius 2 is 1.71 bits per heavy atom. The molecule has 4 atom stereocenters. The third kappa shape index (κ3) is 5.68. The van der Waals surface area contributed by atoms with Gasteiger partial charge < -0.3 is 14.4 Å². The maximum Gasteiger partial charge on any atom is 0.256 e. The number of para-hydroxylation sites is 1. The van der Waals surface area contributed by atoms with Gasteiger partial charge in [0, 0.05) is 42.7 Å². The number of aromatic nitrogens is 3. The SMILES string of the molecule is CCCC(OC)C(=O)C1=C(c2ccccc2)OC(C2CCC(C)N(C(=O)c3ccccc3-n3nccn3)C2)=C(C)C1C. The fourth-order valence-electron chi connectivity index (χ4n) is 6.13. The van der Waals surface area contributed by atoms with Crippen molar-refractivity contribution in [1.82, 2.24) is 19.9 Å². The first kappa shape index (κ1) is 29.5. The summed E-state index contributed by atoms with van der Waals surface area (Å²) in [6.07, 6.45) is 5.90. The number of ether oxygens (including phenoxy) is 2. The number of hydrogen-bond acceptors (Lipinski definition) is 6. The Bertz CT molecular complexity index is 1480. The second kappa shape index (κ2) is 12.9. The molecule has 8 heteroatoms. The molecule has 2 aliphatic heterocycles. The molecule has 0 saturated carbocycles. The van der Waals surface area contributed by atoms with E-state index in [1.165, 1.54) is 4.80 Å². The van der Waals surface area contributed by atoms with Gasteiger partial charge in [-0.15, -0.1) is 0 Å². The molecule has 1 saturated heterocycles. The van der Waals surface area contributed by atoms with Crippen LogP contribution >= 0.6 is 0 Å². The summed E-state index contributed by atoms with van der Waals surface area (Å²) < 4.78 is 12.4. The van der Waals surface area contributed by atoms with E-state index in [1.807, 2.05) is 59.5 Å². The molecule has 3 heterocycles. The summed E-state index contributed by atoms with van der Waals surface area (Å²) in [5, 5.41) is 8.51. The minimum Gasteiger partial charge on any atom is -0.460 e. The maximum absolute atomic E-state index is 14.0. The van der Waals surface area contributed by atoms with Crippen molar-refractivity contribution in [3.63, 3.8) is 0 Å². The molecule has 0 spiro atoms. The van der Waals surface area contributed by atoms with Crippen molar-refractivity contribution in [2.45, 2.75) is 65.5 Å². The van der Waals surface area contributed by atoms with Crippen LogP contribution in [0.3, 0.4) is 0 Å². The lowest BCUT2D eigenvalue weighted by molar-refractivity contribution is -0.125. The predicted molar refractivity (Wildman–Crippen MR) is 162 cm³/mol. The van der Waals surface area contributed by atoms with E-state index < -0.39 is 6.10 Å². The molecule has 0 aliphatic carbocycles. The molecule has 0 radical (unpaired) electrons. The second-order valence-corrected chi connectivity index (χ2v) is 11.3. The summed E-state index contributed by atoms with van der Waals surface area (Å²) in [7, 11) is 1.60. The van der Waals surface area contributed by atoms with Gasteiger partial charge in [-0.2, -0.15) is 15.0 Å². The van der Waals surface area contributed by atoms with Gasteiger partial charge in [0.25, 0.3) is 5.91 Å². The molecular formula is C34H40N4O4. The maximum atomic E-state index is 14.0. The lowest BCUT2D eigenvalue weighted by Crippen LogP contribution is -2.47. The van der Waals surface area contributed by atoms with Crippen LogP contribution in [-0.4, -0.2) is 57.4 Å². The number of Topliss-reactive ketones (excluding diaryl/α,β-unsaturated/α-hetero) is 1. The van der Waals surface area contributed by atoms with E-state index >= 15 is 0 Å². The molecule has 42 heavy (non-hydrogen) atoms. The zero-order valence-electron chi connectivity index (χ0n) is 25.1. The summed E-state index contributed by atoms with van der Waals surface area (Å²) in [5.41, 5.74) is 3.75. The van der Waals surface area contributed by atoms with E-state index in [2.05, 4.69) is 37.9 Å². The molecule has 2 aromatic carbocycles. The largest absolute Gasteiger partial charge is 0.460 e. The van der Waals surface area contributed by atoms with Gasteiger partial charge in [-0.25, -0.2) is 0 Å². The van der Waals surface area contributed by atoms with Crippen LogP contribution < -0.4 is 0 Å². The Morgan fingerprint density at radius 1 is 1.02 bits per heavy atom. The first-order chi connectivity index (χ1) is 20.3. The molecule has 1 aromatic heterocycles. The van der Waals surface area contributed by atoms with E-state index in [1.54, 1.807) is 19.5 Å². The van der Waals surface area contributed by atoms with Crippen molar-refractivity contribution in [3.05, 3.63) is 95.0 Å². The highest BCUT2D eigenvalue weighted by Crippen LogP contribution is 2.43.